The maximum Gasteiger partial charge on any atom is 0.316 e. The lowest BCUT2D eigenvalue weighted by Gasteiger charge is -2.24. The van der Waals surface area contributed by atoms with E-state index in [1.54, 1.807) is 23.6 Å². The molecular weight excluding hydrogens is 256 g/mol. The molecular formula is C15H16N2O3. The largest absolute Gasteiger partial charge is 0.465 e. The fourth-order valence-corrected chi connectivity index (χ4v) is 2.72. The summed E-state index contributed by atoms with van der Waals surface area (Å²) in [4.78, 5) is 29.0. The first-order valence-corrected chi connectivity index (χ1v) is 6.88. The normalized spacial score (nSPS) is 17.8. The van der Waals surface area contributed by atoms with Crippen molar-refractivity contribution in [1.82, 2.24) is 9.55 Å². The van der Waals surface area contributed by atoms with Gasteiger partial charge >= 0.3 is 5.97 Å². The molecule has 0 amide bonds. The first-order valence-electron chi connectivity index (χ1n) is 6.88. The van der Waals surface area contributed by atoms with Crippen molar-refractivity contribution < 1.29 is 9.53 Å². The molecule has 1 unspecified atom stereocenters. The molecule has 20 heavy (non-hydrogen) atoms. The van der Waals surface area contributed by atoms with Gasteiger partial charge in [-0.15, -0.1) is 0 Å². The van der Waals surface area contributed by atoms with Gasteiger partial charge in [-0.2, -0.15) is 0 Å². The molecule has 3 rings (SSSR count). The third-order valence-electron chi connectivity index (χ3n) is 3.65. The van der Waals surface area contributed by atoms with E-state index in [-0.39, 0.29) is 11.5 Å². The van der Waals surface area contributed by atoms with E-state index in [2.05, 4.69) is 4.98 Å². The van der Waals surface area contributed by atoms with E-state index in [1.165, 1.54) is 0 Å². The summed E-state index contributed by atoms with van der Waals surface area (Å²) < 4.78 is 6.71. The summed E-state index contributed by atoms with van der Waals surface area (Å²) in [7, 11) is 0. The Kier molecular flexibility index (Phi) is 3.26. The number of para-hydroxylation sites is 1. The van der Waals surface area contributed by atoms with Gasteiger partial charge in [-0.25, -0.2) is 4.98 Å². The molecule has 1 aromatic carbocycles. The zero-order valence-corrected chi connectivity index (χ0v) is 11.3. The number of hydrogen-bond acceptors (Lipinski definition) is 4. The van der Waals surface area contributed by atoms with Crippen molar-refractivity contribution in [1.29, 1.82) is 0 Å². The molecule has 0 saturated carbocycles. The topological polar surface area (TPSA) is 61.2 Å². The van der Waals surface area contributed by atoms with Crippen LogP contribution in [0.4, 0.5) is 0 Å². The van der Waals surface area contributed by atoms with E-state index in [1.807, 2.05) is 12.1 Å². The van der Waals surface area contributed by atoms with Crippen molar-refractivity contribution in [2.45, 2.75) is 32.2 Å². The van der Waals surface area contributed by atoms with Gasteiger partial charge in [0, 0.05) is 6.54 Å². The minimum atomic E-state index is -0.430. The van der Waals surface area contributed by atoms with Crippen LogP contribution in [0.1, 0.15) is 31.5 Å². The third-order valence-corrected chi connectivity index (χ3v) is 3.65. The van der Waals surface area contributed by atoms with Gasteiger partial charge in [-0.1, -0.05) is 12.1 Å². The molecule has 5 nitrogen and oxygen atoms in total. The van der Waals surface area contributed by atoms with Crippen LogP contribution in [-0.2, 0) is 16.1 Å². The molecule has 0 bridgehead atoms. The van der Waals surface area contributed by atoms with Gasteiger partial charge in [-0.3, -0.25) is 14.2 Å². The minimum Gasteiger partial charge on any atom is -0.465 e. The number of carbonyl (C=O) groups excluding carboxylic acids is 1. The number of benzene rings is 1. The van der Waals surface area contributed by atoms with Crippen LogP contribution < -0.4 is 5.56 Å². The van der Waals surface area contributed by atoms with Crippen molar-refractivity contribution in [2.75, 3.05) is 6.61 Å². The summed E-state index contributed by atoms with van der Waals surface area (Å²) in [5.41, 5.74) is 0.569. The van der Waals surface area contributed by atoms with Gasteiger partial charge in [0.25, 0.3) is 5.56 Å². The highest BCUT2D eigenvalue weighted by Gasteiger charge is 2.30. The van der Waals surface area contributed by atoms with E-state index in [0.717, 1.165) is 6.42 Å². The summed E-state index contributed by atoms with van der Waals surface area (Å²) in [5.74, 6) is -0.178. The average molecular weight is 272 g/mol. The lowest BCUT2D eigenvalue weighted by atomic mass is 9.98. The number of aromatic nitrogens is 2. The number of fused-ring (bicyclic) bond motifs is 2. The molecule has 5 heteroatoms. The van der Waals surface area contributed by atoms with Crippen molar-refractivity contribution >= 4 is 16.9 Å². The quantitative estimate of drug-likeness (QED) is 0.783. The third kappa shape index (κ3) is 1.99. The number of nitrogens with zero attached hydrogens (tertiary/aromatic N) is 2. The Bertz CT molecular complexity index is 721. The monoisotopic (exact) mass is 272 g/mol. The molecule has 2 aromatic rings. The molecule has 1 aliphatic heterocycles. The second kappa shape index (κ2) is 5.07. The van der Waals surface area contributed by atoms with Gasteiger partial charge in [0.05, 0.1) is 17.5 Å². The van der Waals surface area contributed by atoms with E-state index >= 15 is 0 Å². The lowest BCUT2D eigenvalue weighted by molar-refractivity contribution is -0.145. The maximum atomic E-state index is 12.5. The summed E-state index contributed by atoms with van der Waals surface area (Å²) in [6.07, 6.45) is 1.47. The number of carbonyl (C=O) groups is 1. The molecule has 1 aliphatic rings. The number of hydrogen-bond donors (Lipinski definition) is 0. The van der Waals surface area contributed by atoms with E-state index in [9.17, 15) is 9.59 Å². The van der Waals surface area contributed by atoms with Crippen molar-refractivity contribution in [3.63, 3.8) is 0 Å². The predicted octanol–water partition coefficient (Wildman–Crippen LogP) is 1.84. The van der Waals surface area contributed by atoms with Crippen molar-refractivity contribution in [3.05, 3.63) is 40.4 Å². The Morgan fingerprint density at radius 2 is 2.25 bits per heavy atom. The Balaban J connectivity index is 2.18. The lowest BCUT2D eigenvalue weighted by Crippen LogP contribution is -2.33. The molecule has 104 valence electrons. The SMILES string of the molecule is CCOC(=O)C1CCCn2c1nc1ccccc1c2=O. The van der Waals surface area contributed by atoms with Gasteiger partial charge < -0.3 is 4.74 Å². The molecule has 0 radical (unpaired) electrons. The van der Waals surface area contributed by atoms with Gasteiger partial charge in [0.2, 0.25) is 0 Å². The van der Waals surface area contributed by atoms with Crippen LogP contribution in [0.5, 0.6) is 0 Å². The molecule has 1 aromatic heterocycles. The summed E-state index contributed by atoms with van der Waals surface area (Å²) >= 11 is 0. The van der Waals surface area contributed by atoms with Crippen molar-refractivity contribution in [3.8, 4) is 0 Å². The highest BCUT2D eigenvalue weighted by atomic mass is 16.5. The Morgan fingerprint density at radius 3 is 3.05 bits per heavy atom. The Morgan fingerprint density at radius 1 is 1.45 bits per heavy atom. The second-order valence-corrected chi connectivity index (χ2v) is 4.89. The molecule has 0 fully saturated rings. The Labute approximate surface area is 116 Å². The average Bonchev–Trinajstić information content (AvgIpc) is 2.47. The smallest absolute Gasteiger partial charge is 0.316 e. The highest BCUT2D eigenvalue weighted by molar-refractivity contribution is 5.80. The van der Waals surface area contributed by atoms with Crippen LogP contribution in [0.25, 0.3) is 10.9 Å². The van der Waals surface area contributed by atoms with E-state index < -0.39 is 5.92 Å². The molecule has 2 heterocycles. The summed E-state index contributed by atoms with van der Waals surface area (Å²) in [5, 5.41) is 0.598. The zero-order valence-electron chi connectivity index (χ0n) is 11.3. The fraction of sp³-hybridized carbons (Fsp3) is 0.400. The minimum absolute atomic E-state index is 0.0698. The maximum absolute atomic E-state index is 12.5. The highest BCUT2D eigenvalue weighted by Crippen LogP contribution is 2.26. The second-order valence-electron chi connectivity index (χ2n) is 4.89. The first-order chi connectivity index (χ1) is 9.72. The van der Waals surface area contributed by atoms with Gasteiger partial charge in [-0.05, 0) is 31.9 Å². The van der Waals surface area contributed by atoms with Crippen LogP contribution in [0, 0.1) is 0 Å². The summed E-state index contributed by atoms with van der Waals surface area (Å²) in [6.45, 7) is 2.73. The van der Waals surface area contributed by atoms with Crippen molar-refractivity contribution in [2.24, 2.45) is 0 Å². The predicted molar refractivity (Wildman–Crippen MR) is 74.6 cm³/mol. The number of esters is 1. The molecule has 0 saturated heterocycles. The van der Waals surface area contributed by atoms with Crippen LogP contribution in [-0.4, -0.2) is 22.1 Å². The number of ether oxygens (including phenoxy) is 1. The van der Waals surface area contributed by atoms with Crippen LogP contribution in [0.3, 0.4) is 0 Å². The number of rotatable bonds is 2. The van der Waals surface area contributed by atoms with Crippen LogP contribution in [0.15, 0.2) is 29.1 Å². The zero-order chi connectivity index (χ0) is 14.1. The Hall–Kier alpha value is -2.17. The van der Waals surface area contributed by atoms with Crippen LogP contribution >= 0.6 is 0 Å². The molecule has 0 aliphatic carbocycles. The van der Waals surface area contributed by atoms with E-state index in [0.29, 0.717) is 36.3 Å². The summed E-state index contributed by atoms with van der Waals surface area (Å²) in [6, 6.07) is 7.23. The molecule has 1 atom stereocenters. The van der Waals surface area contributed by atoms with Gasteiger partial charge in [0.1, 0.15) is 11.7 Å². The van der Waals surface area contributed by atoms with E-state index in [4.69, 9.17) is 4.74 Å². The molecule has 0 spiro atoms. The molecule has 0 N–H and O–H groups in total. The fourth-order valence-electron chi connectivity index (χ4n) is 2.72. The van der Waals surface area contributed by atoms with Gasteiger partial charge in [0.15, 0.2) is 0 Å². The standard InChI is InChI=1S/C15H16N2O3/c1-2-20-15(19)11-7-5-9-17-13(11)16-12-8-4-3-6-10(12)14(17)18/h3-4,6,8,11H,2,5,7,9H2,1H3. The first kappa shape index (κ1) is 12.8. The van der Waals surface area contributed by atoms with Crippen LogP contribution in [0.2, 0.25) is 0 Å².